The fourth-order valence-corrected chi connectivity index (χ4v) is 2.98. The molecule has 0 amide bonds. The topological polar surface area (TPSA) is 12.5 Å². The summed E-state index contributed by atoms with van der Waals surface area (Å²) in [4.78, 5) is 2.42. The molecule has 0 N–H and O–H groups in total. The van der Waals surface area contributed by atoms with Crippen LogP contribution in [0.3, 0.4) is 0 Å². The van der Waals surface area contributed by atoms with Gasteiger partial charge in [-0.3, -0.25) is 0 Å². The Morgan fingerprint density at radius 1 is 1.13 bits per heavy atom. The second kappa shape index (κ2) is 3.83. The van der Waals surface area contributed by atoms with Crippen molar-refractivity contribution in [2.45, 2.75) is 0 Å². The molecule has 1 aromatic carbocycles. The number of nitrogens with zero attached hydrogens (tertiary/aromatic N) is 1. The summed E-state index contributed by atoms with van der Waals surface area (Å²) in [5.41, 5.74) is 1.37. The first kappa shape index (κ1) is 9.19. The monoisotopic (exact) mass is 219 g/mol. The minimum atomic E-state index is 0.851. The second-order valence-electron chi connectivity index (χ2n) is 3.72. The molecule has 1 fully saturated rings. The summed E-state index contributed by atoms with van der Waals surface area (Å²) in [6, 6.07) is 8.60. The van der Waals surface area contributed by atoms with E-state index in [-0.39, 0.29) is 0 Å². The summed E-state index contributed by atoms with van der Waals surface area (Å²) in [6.45, 7) is 3.73. The van der Waals surface area contributed by atoms with Crippen LogP contribution >= 0.6 is 11.3 Å². The Hall–Kier alpha value is -1.06. The Morgan fingerprint density at radius 3 is 2.80 bits per heavy atom. The molecular formula is C12H13NOS. The van der Waals surface area contributed by atoms with Crippen LogP contribution in [-0.4, -0.2) is 26.3 Å². The number of benzene rings is 1. The van der Waals surface area contributed by atoms with Crippen LogP contribution in [0.15, 0.2) is 29.6 Å². The Balaban J connectivity index is 2.02. The number of hydrogen-bond donors (Lipinski definition) is 0. The van der Waals surface area contributed by atoms with Gasteiger partial charge in [0.15, 0.2) is 0 Å². The van der Waals surface area contributed by atoms with Crippen molar-refractivity contribution in [1.29, 1.82) is 0 Å². The minimum Gasteiger partial charge on any atom is -0.378 e. The molecule has 1 saturated heterocycles. The van der Waals surface area contributed by atoms with Crippen molar-refractivity contribution in [2.75, 3.05) is 31.2 Å². The van der Waals surface area contributed by atoms with Crippen molar-refractivity contribution in [2.24, 2.45) is 0 Å². The van der Waals surface area contributed by atoms with Gasteiger partial charge in [-0.2, -0.15) is 0 Å². The van der Waals surface area contributed by atoms with Crippen LogP contribution in [0.2, 0.25) is 0 Å². The van der Waals surface area contributed by atoms with Crippen LogP contribution in [0, 0.1) is 0 Å². The van der Waals surface area contributed by atoms with Crippen molar-refractivity contribution >= 4 is 27.1 Å². The molecule has 0 spiro atoms. The molecule has 0 radical (unpaired) electrons. The summed E-state index contributed by atoms with van der Waals surface area (Å²) < 4.78 is 6.75. The van der Waals surface area contributed by atoms with Gasteiger partial charge < -0.3 is 9.64 Å². The average molecular weight is 219 g/mol. The van der Waals surface area contributed by atoms with Gasteiger partial charge in [0.1, 0.15) is 0 Å². The normalized spacial score (nSPS) is 17.2. The third kappa shape index (κ3) is 1.62. The van der Waals surface area contributed by atoms with Crippen molar-refractivity contribution in [3.63, 3.8) is 0 Å². The maximum atomic E-state index is 5.37. The fourth-order valence-electron chi connectivity index (χ4n) is 2.01. The molecule has 0 saturated carbocycles. The SMILES string of the molecule is c1ccc2c(N3CCOCC3)csc2c1. The largest absolute Gasteiger partial charge is 0.378 e. The lowest BCUT2D eigenvalue weighted by Gasteiger charge is -2.28. The predicted octanol–water partition coefficient (Wildman–Crippen LogP) is 2.74. The van der Waals surface area contributed by atoms with Gasteiger partial charge in [-0.05, 0) is 6.07 Å². The van der Waals surface area contributed by atoms with E-state index < -0.39 is 0 Å². The molecule has 2 heterocycles. The molecule has 1 aliphatic rings. The lowest BCUT2D eigenvalue weighted by molar-refractivity contribution is 0.123. The minimum absolute atomic E-state index is 0.851. The molecule has 1 aromatic heterocycles. The standard InChI is InChI=1S/C12H13NOS/c1-2-4-12-10(3-1)11(9-15-12)13-5-7-14-8-6-13/h1-4,9H,5-8H2. The molecule has 0 atom stereocenters. The highest BCUT2D eigenvalue weighted by Crippen LogP contribution is 2.32. The molecule has 0 aliphatic carbocycles. The van der Waals surface area contributed by atoms with E-state index in [1.807, 2.05) is 11.3 Å². The first-order valence-electron chi connectivity index (χ1n) is 5.24. The molecule has 0 bridgehead atoms. The summed E-state index contributed by atoms with van der Waals surface area (Å²) in [5, 5.41) is 3.64. The van der Waals surface area contributed by atoms with Crippen LogP contribution in [0.1, 0.15) is 0 Å². The molecule has 2 nitrogen and oxygen atoms in total. The Morgan fingerprint density at radius 2 is 1.93 bits per heavy atom. The zero-order valence-electron chi connectivity index (χ0n) is 8.48. The van der Waals surface area contributed by atoms with E-state index in [1.165, 1.54) is 15.8 Å². The highest BCUT2D eigenvalue weighted by atomic mass is 32.1. The number of thiophene rings is 1. The van der Waals surface area contributed by atoms with Gasteiger partial charge in [0, 0.05) is 28.6 Å². The van der Waals surface area contributed by atoms with E-state index in [0.717, 1.165) is 26.3 Å². The number of rotatable bonds is 1. The third-order valence-corrected chi connectivity index (χ3v) is 3.76. The molecule has 15 heavy (non-hydrogen) atoms. The van der Waals surface area contributed by atoms with Crippen molar-refractivity contribution < 1.29 is 4.74 Å². The summed E-state index contributed by atoms with van der Waals surface area (Å²) in [5.74, 6) is 0. The third-order valence-electron chi connectivity index (χ3n) is 2.81. The maximum absolute atomic E-state index is 5.37. The molecule has 3 heteroatoms. The van der Waals surface area contributed by atoms with Crippen LogP contribution in [0.4, 0.5) is 5.69 Å². The molecule has 0 unspecified atom stereocenters. The Labute approximate surface area is 93.1 Å². The number of hydrogen-bond acceptors (Lipinski definition) is 3. The first-order chi connectivity index (χ1) is 7.45. The quantitative estimate of drug-likeness (QED) is 0.731. The Kier molecular flexibility index (Phi) is 2.35. The van der Waals surface area contributed by atoms with E-state index in [1.54, 1.807) is 0 Å². The van der Waals surface area contributed by atoms with E-state index >= 15 is 0 Å². The van der Waals surface area contributed by atoms with Crippen LogP contribution in [0.25, 0.3) is 10.1 Å². The van der Waals surface area contributed by atoms with Gasteiger partial charge >= 0.3 is 0 Å². The lowest BCUT2D eigenvalue weighted by atomic mass is 10.2. The highest BCUT2D eigenvalue weighted by molar-refractivity contribution is 7.17. The van der Waals surface area contributed by atoms with E-state index in [0.29, 0.717) is 0 Å². The summed E-state index contributed by atoms with van der Waals surface area (Å²) in [6.07, 6.45) is 0. The van der Waals surface area contributed by atoms with E-state index in [2.05, 4.69) is 34.5 Å². The summed E-state index contributed by atoms with van der Waals surface area (Å²) >= 11 is 1.83. The van der Waals surface area contributed by atoms with Crippen LogP contribution in [-0.2, 0) is 4.74 Å². The van der Waals surface area contributed by atoms with Crippen molar-refractivity contribution in [3.8, 4) is 0 Å². The van der Waals surface area contributed by atoms with Gasteiger partial charge in [-0.25, -0.2) is 0 Å². The summed E-state index contributed by atoms with van der Waals surface area (Å²) in [7, 11) is 0. The molecule has 3 rings (SSSR count). The zero-order chi connectivity index (χ0) is 10.1. The van der Waals surface area contributed by atoms with Crippen LogP contribution in [0.5, 0.6) is 0 Å². The van der Waals surface area contributed by atoms with Gasteiger partial charge in [0.05, 0.1) is 18.9 Å². The molecular weight excluding hydrogens is 206 g/mol. The van der Waals surface area contributed by atoms with Gasteiger partial charge in [0.25, 0.3) is 0 Å². The molecule has 78 valence electrons. The van der Waals surface area contributed by atoms with E-state index in [4.69, 9.17) is 4.74 Å². The molecule has 2 aromatic rings. The number of morpholine rings is 1. The number of anilines is 1. The lowest BCUT2D eigenvalue weighted by Crippen LogP contribution is -2.35. The first-order valence-corrected chi connectivity index (χ1v) is 6.12. The van der Waals surface area contributed by atoms with Gasteiger partial charge in [-0.15, -0.1) is 11.3 Å². The highest BCUT2D eigenvalue weighted by Gasteiger charge is 2.14. The number of fused-ring (bicyclic) bond motifs is 1. The fraction of sp³-hybridized carbons (Fsp3) is 0.333. The maximum Gasteiger partial charge on any atom is 0.0642 e. The second-order valence-corrected chi connectivity index (χ2v) is 4.63. The van der Waals surface area contributed by atoms with Gasteiger partial charge in [0.2, 0.25) is 0 Å². The predicted molar refractivity (Wildman–Crippen MR) is 64.9 cm³/mol. The smallest absolute Gasteiger partial charge is 0.0642 e. The van der Waals surface area contributed by atoms with Crippen LogP contribution < -0.4 is 4.90 Å². The van der Waals surface area contributed by atoms with Gasteiger partial charge in [-0.1, -0.05) is 18.2 Å². The zero-order valence-corrected chi connectivity index (χ0v) is 9.30. The Bertz CT molecular complexity index is 459. The average Bonchev–Trinajstić information content (AvgIpc) is 2.74. The van der Waals surface area contributed by atoms with Crippen molar-refractivity contribution in [3.05, 3.63) is 29.6 Å². The number of ether oxygens (including phenoxy) is 1. The van der Waals surface area contributed by atoms with Crippen molar-refractivity contribution in [1.82, 2.24) is 0 Å². The van der Waals surface area contributed by atoms with E-state index in [9.17, 15) is 0 Å². The molecule has 1 aliphatic heterocycles.